The van der Waals surface area contributed by atoms with E-state index in [4.69, 9.17) is 24.2 Å². The smallest absolute Gasteiger partial charge is 0.407 e. The monoisotopic (exact) mass is 878 g/mol. The molecule has 64 heavy (non-hydrogen) atoms. The maximum Gasteiger partial charge on any atom is 0.407 e. The number of imidazole rings is 2. The Morgan fingerprint density at radius 3 is 2.03 bits per heavy atom. The highest BCUT2D eigenvalue weighted by Crippen LogP contribution is 2.53. The summed E-state index contributed by atoms with van der Waals surface area (Å²) in [6, 6.07) is 13.5. The van der Waals surface area contributed by atoms with Crippen LogP contribution in [0.3, 0.4) is 0 Å². The molecule has 336 valence electrons. The van der Waals surface area contributed by atoms with Crippen molar-refractivity contribution in [2.24, 2.45) is 11.8 Å². The minimum Gasteiger partial charge on any atom is -0.453 e. The van der Waals surface area contributed by atoms with E-state index < -0.39 is 30.2 Å². The number of methoxy groups -OCH3 is 2. The maximum absolute atomic E-state index is 16.6. The number of rotatable bonds is 10. The standard InChI is InChI=1S/C47H52F2N8O7/c1-25(2)39(54-45(60)62-3)43(58)57-18-6-8-38(57)42-51-34-14-11-28(23-35(34)52-42)27-9-12-30-31-13-10-29(22-33(31)47(48,49)32(30)21-27)36-24-50-41(53-36)37-7-5-17-56(37)44(59)40(55-46(61)63-4)26-15-19-64-20-16-26/h9-14,21-26,37-40H,5-8,15-20H2,1-4H3,(H,50,53)(H,51,52)(H,54,60)(H,55,61)/t37-,38-,39-,40?/m0/s1. The first-order valence-corrected chi connectivity index (χ1v) is 22.0. The Bertz CT molecular complexity index is 2600. The lowest BCUT2D eigenvalue weighted by molar-refractivity contribution is -0.137. The van der Waals surface area contributed by atoms with Crippen molar-refractivity contribution in [2.75, 3.05) is 40.5 Å². The molecule has 0 radical (unpaired) electrons. The molecule has 4 amide bonds. The molecule has 4 aliphatic rings. The number of aromatic nitrogens is 4. The van der Waals surface area contributed by atoms with Crippen molar-refractivity contribution in [2.45, 2.75) is 82.5 Å². The maximum atomic E-state index is 16.6. The second-order valence-corrected chi connectivity index (χ2v) is 17.4. The number of nitrogens with one attached hydrogen (secondary N) is 4. The van der Waals surface area contributed by atoms with E-state index in [-0.39, 0.29) is 46.9 Å². The third-order valence-corrected chi connectivity index (χ3v) is 13.3. The molecular weight excluding hydrogens is 827 g/mol. The van der Waals surface area contributed by atoms with Crippen molar-refractivity contribution < 1.29 is 42.2 Å². The Balaban J connectivity index is 0.931. The number of ether oxygens (including phenoxy) is 3. The predicted molar refractivity (Wildman–Crippen MR) is 232 cm³/mol. The lowest BCUT2D eigenvalue weighted by Gasteiger charge is -2.34. The summed E-state index contributed by atoms with van der Waals surface area (Å²) in [5, 5.41) is 5.44. The summed E-state index contributed by atoms with van der Waals surface area (Å²) in [6.45, 7) is 5.75. The number of amides is 4. The van der Waals surface area contributed by atoms with Gasteiger partial charge in [-0.05, 0) is 96.9 Å². The van der Waals surface area contributed by atoms with Gasteiger partial charge in [0.1, 0.15) is 23.7 Å². The number of aromatic amines is 2. The number of hydrogen-bond acceptors (Lipinski definition) is 9. The molecule has 2 aromatic heterocycles. The minimum absolute atomic E-state index is 0.0922. The molecule has 3 fully saturated rings. The zero-order valence-electron chi connectivity index (χ0n) is 36.2. The molecule has 0 saturated carbocycles. The van der Waals surface area contributed by atoms with Gasteiger partial charge in [-0.15, -0.1) is 0 Å². The van der Waals surface area contributed by atoms with Crippen molar-refractivity contribution in [3.8, 4) is 33.5 Å². The van der Waals surface area contributed by atoms with E-state index in [1.165, 1.54) is 20.3 Å². The molecule has 4 atom stereocenters. The van der Waals surface area contributed by atoms with Crippen LogP contribution in [-0.4, -0.2) is 106 Å². The van der Waals surface area contributed by atoms with Gasteiger partial charge in [-0.2, -0.15) is 8.78 Å². The number of halogens is 2. The molecule has 0 bridgehead atoms. The molecule has 3 aliphatic heterocycles. The van der Waals surface area contributed by atoms with Gasteiger partial charge in [0.15, 0.2) is 0 Å². The second kappa shape index (κ2) is 17.3. The van der Waals surface area contributed by atoms with Gasteiger partial charge in [0.25, 0.3) is 5.92 Å². The molecule has 17 heteroatoms. The molecular formula is C47H52F2N8O7. The Hall–Kier alpha value is -6.36. The lowest BCUT2D eigenvalue weighted by Crippen LogP contribution is -2.53. The van der Waals surface area contributed by atoms with E-state index in [0.29, 0.717) is 103 Å². The average molecular weight is 879 g/mol. The summed E-state index contributed by atoms with van der Waals surface area (Å²) < 4.78 is 48.3. The Morgan fingerprint density at radius 2 is 1.36 bits per heavy atom. The number of benzene rings is 3. The summed E-state index contributed by atoms with van der Waals surface area (Å²) in [7, 11) is 2.53. The first-order chi connectivity index (χ1) is 30.9. The van der Waals surface area contributed by atoms with Gasteiger partial charge < -0.3 is 44.6 Å². The normalized spacial score (nSPS) is 20.2. The van der Waals surface area contributed by atoms with Crippen LogP contribution >= 0.6 is 0 Å². The summed E-state index contributed by atoms with van der Waals surface area (Å²) >= 11 is 0. The van der Waals surface area contributed by atoms with Crippen molar-refractivity contribution in [1.29, 1.82) is 0 Å². The number of likely N-dealkylation sites (tertiary alicyclic amines) is 2. The Kier molecular flexibility index (Phi) is 11.6. The Morgan fingerprint density at radius 1 is 0.766 bits per heavy atom. The number of hydrogen-bond donors (Lipinski definition) is 4. The first kappa shape index (κ1) is 42.9. The van der Waals surface area contributed by atoms with E-state index in [9.17, 15) is 19.2 Å². The number of alkyl carbamates (subject to hydrolysis) is 2. The molecule has 1 aliphatic carbocycles. The van der Waals surface area contributed by atoms with Crippen molar-refractivity contribution >= 4 is 35.0 Å². The molecule has 15 nitrogen and oxygen atoms in total. The minimum atomic E-state index is -3.30. The first-order valence-electron chi connectivity index (χ1n) is 22.0. The average Bonchev–Trinajstić information content (AvgIpc) is 4.17. The van der Waals surface area contributed by atoms with Crippen LogP contribution in [0.1, 0.15) is 87.2 Å². The van der Waals surface area contributed by atoms with Crippen LogP contribution in [0, 0.1) is 11.8 Å². The predicted octanol–water partition coefficient (Wildman–Crippen LogP) is 7.60. The fourth-order valence-corrected chi connectivity index (χ4v) is 9.89. The quantitative estimate of drug-likeness (QED) is 0.110. The third kappa shape index (κ3) is 7.83. The fourth-order valence-electron chi connectivity index (χ4n) is 9.89. The molecule has 1 unspecified atom stereocenters. The highest BCUT2D eigenvalue weighted by atomic mass is 19.3. The number of fused-ring (bicyclic) bond motifs is 4. The second-order valence-electron chi connectivity index (χ2n) is 17.4. The van der Waals surface area contributed by atoms with Crippen molar-refractivity contribution in [3.63, 3.8) is 0 Å². The number of alkyl halides is 2. The zero-order valence-corrected chi connectivity index (χ0v) is 36.2. The molecule has 4 N–H and O–H groups in total. The van der Waals surface area contributed by atoms with E-state index >= 15 is 8.78 Å². The largest absolute Gasteiger partial charge is 0.453 e. The van der Waals surface area contributed by atoms with Crippen LogP contribution in [0.2, 0.25) is 0 Å². The molecule has 3 aromatic carbocycles. The molecule has 3 saturated heterocycles. The molecule has 0 spiro atoms. The number of H-pyrrole nitrogens is 2. The van der Waals surface area contributed by atoms with Gasteiger partial charge in [-0.1, -0.05) is 44.2 Å². The van der Waals surface area contributed by atoms with E-state index in [2.05, 4.69) is 20.6 Å². The van der Waals surface area contributed by atoms with Crippen LogP contribution in [0.25, 0.3) is 44.5 Å². The van der Waals surface area contributed by atoms with Gasteiger partial charge in [0.2, 0.25) is 11.8 Å². The topological polar surface area (TPSA) is 184 Å². The summed E-state index contributed by atoms with van der Waals surface area (Å²) in [4.78, 5) is 71.9. The van der Waals surface area contributed by atoms with Crippen LogP contribution in [0.15, 0.2) is 60.8 Å². The van der Waals surface area contributed by atoms with Gasteiger partial charge in [-0.3, -0.25) is 9.59 Å². The summed E-state index contributed by atoms with van der Waals surface area (Å²) in [6.07, 6.45) is 4.47. The third-order valence-electron chi connectivity index (χ3n) is 13.3. The SMILES string of the molecule is COC(=O)NC(C(=O)N1CCC[C@H]1c1nc(-c2ccc3c(c2)C(F)(F)c2cc(-c4ccc5nc([C@@H]6CCCN6C(=O)[C@@H](NC(=O)OC)C(C)C)[nH]c5c4)ccc2-3)c[nH]1)C1CCOCC1. The highest BCUT2D eigenvalue weighted by molar-refractivity contribution is 5.89. The number of nitrogens with zero attached hydrogens (tertiary/aromatic N) is 4. The van der Waals surface area contributed by atoms with Crippen LogP contribution in [0.5, 0.6) is 0 Å². The molecule has 5 aromatic rings. The van der Waals surface area contributed by atoms with Crippen molar-refractivity contribution in [3.05, 3.63) is 83.6 Å². The van der Waals surface area contributed by atoms with Gasteiger partial charge in [0.05, 0.1) is 43.0 Å². The van der Waals surface area contributed by atoms with Crippen molar-refractivity contribution in [1.82, 2.24) is 40.4 Å². The molecule has 5 heterocycles. The fraction of sp³-hybridized carbons (Fsp3) is 0.447. The van der Waals surface area contributed by atoms with Gasteiger partial charge in [-0.25, -0.2) is 19.6 Å². The summed E-state index contributed by atoms with van der Waals surface area (Å²) in [5.74, 6) is -2.81. The molecule has 9 rings (SSSR count). The zero-order chi connectivity index (χ0) is 44.9. The van der Waals surface area contributed by atoms with Crippen LogP contribution in [0.4, 0.5) is 18.4 Å². The van der Waals surface area contributed by atoms with E-state index in [1.807, 2.05) is 38.1 Å². The number of carbonyl (C=O) groups is 4. The van der Waals surface area contributed by atoms with E-state index in [0.717, 1.165) is 18.4 Å². The van der Waals surface area contributed by atoms with Gasteiger partial charge >= 0.3 is 12.2 Å². The van der Waals surface area contributed by atoms with E-state index in [1.54, 1.807) is 40.3 Å². The number of carbonyl (C=O) groups excluding carboxylic acids is 4. The lowest BCUT2D eigenvalue weighted by atomic mass is 9.90. The van der Waals surface area contributed by atoms with Crippen LogP contribution in [-0.2, 0) is 29.7 Å². The van der Waals surface area contributed by atoms with Crippen LogP contribution < -0.4 is 10.6 Å². The summed E-state index contributed by atoms with van der Waals surface area (Å²) in [5.41, 5.74) is 4.42. The highest BCUT2D eigenvalue weighted by Gasteiger charge is 2.45. The van der Waals surface area contributed by atoms with Gasteiger partial charge in [0, 0.05) is 49.2 Å². The Labute approximate surface area is 368 Å².